The Hall–Kier alpha value is -2.24. The van der Waals surface area contributed by atoms with E-state index in [4.69, 9.17) is 0 Å². The first-order chi connectivity index (χ1) is 9.85. The van der Waals surface area contributed by atoms with Crippen molar-refractivity contribution < 1.29 is 17.9 Å². The zero-order chi connectivity index (χ0) is 15.2. The van der Waals surface area contributed by atoms with Gasteiger partial charge in [0.1, 0.15) is 5.75 Å². The number of ether oxygens (including phenoxy) is 1. The highest BCUT2D eigenvalue weighted by molar-refractivity contribution is 5.81. The Morgan fingerprint density at radius 3 is 2.57 bits per heavy atom. The van der Waals surface area contributed by atoms with Crippen molar-refractivity contribution in [2.75, 3.05) is 0 Å². The van der Waals surface area contributed by atoms with Gasteiger partial charge in [0, 0.05) is 12.3 Å². The molecule has 110 valence electrons. The maximum Gasteiger partial charge on any atom is 0.573 e. The zero-order valence-corrected chi connectivity index (χ0v) is 11.5. The minimum absolute atomic E-state index is 0.166. The highest BCUT2D eigenvalue weighted by Gasteiger charge is 2.31. The van der Waals surface area contributed by atoms with Gasteiger partial charge in [-0.1, -0.05) is 13.8 Å². The lowest BCUT2D eigenvalue weighted by Gasteiger charge is -2.13. The number of aromatic nitrogens is 2. The fourth-order valence-corrected chi connectivity index (χ4v) is 2.41. The monoisotopic (exact) mass is 294 g/mol. The molecule has 0 atom stereocenters. The topological polar surface area (TPSA) is 26.5 Å². The van der Waals surface area contributed by atoms with E-state index in [9.17, 15) is 13.2 Å². The van der Waals surface area contributed by atoms with E-state index in [1.165, 1.54) is 12.1 Å². The number of benzene rings is 1. The average molecular weight is 294 g/mol. The molecule has 0 amide bonds. The predicted molar refractivity (Wildman–Crippen MR) is 73.5 cm³/mol. The van der Waals surface area contributed by atoms with Crippen molar-refractivity contribution in [1.82, 2.24) is 9.38 Å². The summed E-state index contributed by atoms with van der Waals surface area (Å²) in [7, 11) is 0. The van der Waals surface area contributed by atoms with E-state index >= 15 is 0 Å². The molecule has 0 fully saturated rings. The molecule has 2 heterocycles. The van der Waals surface area contributed by atoms with E-state index in [0.717, 1.165) is 16.7 Å². The molecule has 0 N–H and O–H groups in total. The maximum atomic E-state index is 12.3. The molecule has 0 unspecified atom stereocenters. The highest BCUT2D eigenvalue weighted by Crippen LogP contribution is 2.29. The maximum absolute atomic E-state index is 12.3. The number of fused-ring (bicyclic) bond motifs is 3. The third-order valence-electron chi connectivity index (χ3n) is 3.24. The van der Waals surface area contributed by atoms with E-state index in [2.05, 4.69) is 9.72 Å². The van der Waals surface area contributed by atoms with Gasteiger partial charge in [0.05, 0.1) is 22.2 Å². The third-order valence-corrected chi connectivity index (χ3v) is 3.24. The standard InChI is InChI=1S/C15H13F3N2O/c1-9(2)14-13-4-3-7-20(13)12-6-5-10(8-11(12)19-14)21-15(16,17)18/h3-9H,1-2H3. The first-order valence-electron chi connectivity index (χ1n) is 6.51. The normalized spacial score (nSPS) is 12.5. The van der Waals surface area contributed by atoms with Crippen molar-refractivity contribution in [2.24, 2.45) is 0 Å². The molecular formula is C15H13F3N2O. The summed E-state index contributed by atoms with van der Waals surface area (Å²) in [5, 5.41) is 0. The number of alkyl halides is 3. The van der Waals surface area contributed by atoms with Crippen LogP contribution in [-0.4, -0.2) is 15.7 Å². The van der Waals surface area contributed by atoms with Gasteiger partial charge in [-0.15, -0.1) is 13.2 Å². The predicted octanol–water partition coefficient (Wildman–Crippen LogP) is 4.51. The lowest BCUT2D eigenvalue weighted by Crippen LogP contribution is -2.17. The van der Waals surface area contributed by atoms with Crippen LogP contribution in [0.4, 0.5) is 13.2 Å². The second kappa shape index (κ2) is 4.65. The summed E-state index contributed by atoms with van der Waals surface area (Å²) in [5.41, 5.74) is 3.02. The van der Waals surface area contributed by atoms with Crippen LogP contribution in [0, 0.1) is 0 Å². The van der Waals surface area contributed by atoms with E-state index in [-0.39, 0.29) is 11.7 Å². The van der Waals surface area contributed by atoms with Gasteiger partial charge in [-0.3, -0.25) is 0 Å². The number of halogens is 3. The second-order valence-electron chi connectivity index (χ2n) is 5.11. The van der Waals surface area contributed by atoms with Crippen LogP contribution in [-0.2, 0) is 0 Å². The first-order valence-corrected chi connectivity index (χ1v) is 6.51. The van der Waals surface area contributed by atoms with Crippen molar-refractivity contribution >= 4 is 16.6 Å². The summed E-state index contributed by atoms with van der Waals surface area (Å²) in [6.07, 6.45) is -2.83. The molecule has 3 rings (SSSR count). The largest absolute Gasteiger partial charge is 0.573 e. The van der Waals surface area contributed by atoms with Gasteiger partial charge in [0.2, 0.25) is 0 Å². The number of nitrogens with zero attached hydrogens (tertiary/aromatic N) is 2. The van der Waals surface area contributed by atoms with Crippen molar-refractivity contribution in [1.29, 1.82) is 0 Å². The SMILES string of the molecule is CC(C)c1nc2cc(OC(F)(F)F)ccc2n2cccc12. The molecule has 0 saturated carbocycles. The summed E-state index contributed by atoms with van der Waals surface area (Å²) < 4.78 is 42.8. The molecule has 2 aromatic heterocycles. The number of rotatable bonds is 2. The Balaban J connectivity index is 2.23. The van der Waals surface area contributed by atoms with E-state index in [0.29, 0.717) is 5.52 Å². The van der Waals surface area contributed by atoms with Crippen molar-refractivity contribution in [3.8, 4) is 5.75 Å². The molecule has 0 aliphatic carbocycles. The summed E-state index contributed by atoms with van der Waals surface area (Å²) in [5.74, 6) is -0.0947. The molecule has 0 saturated heterocycles. The zero-order valence-electron chi connectivity index (χ0n) is 11.5. The van der Waals surface area contributed by atoms with Crippen LogP contribution in [0.5, 0.6) is 5.75 Å². The van der Waals surface area contributed by atoms with Gasteiger partial charge in [-0.2, -0.15) is 0 Å². The van der Waals surface area contributed by atoms with Crippen LogP contribution < -0.4 is 4.74 Å². The minimum atomic E-state index is -4.70. The summed E-state index contributed by atoms with van der Waals surface area (Å²) in [6, 6.07) is 8.03. The van der Waals surface area contributed by atoms with Crippen LogP contribution in [0.15, 0.2) is 36.5 Å². The van der Waals surface area contributed by atoms with Crippen LogP contribution in [0.2, 0.25) is 0 Å². The van der Waals surface area contributed by atoms with Gasteiger partial charge >= 0.3 is 6.36 Å². The van der Waals surface area contributed by atoms with E-state index in [1.807, 2.05) is 36.6 Å². The van der Waals surface area contributed by atoms with Gasteiger partial charge in [0.25, 0.3) is 0 Å². The fraction of sp³-hybridized carbons (Fsp3) is 0.267. The molecule has 3 aromatic rings. The van der Waals surface area contributed by atoms with Crippen LogP contribution >= 0.6 is 0 Å². The quantitative estimate of drug-likeness (QED) is 0.695. The minimum Gasteiger partial charge on any atom is -0.406 e. The summed E-state index contributed by atoms with van der Waals surface area (Å²) in [6.45, 7) is 3.99. The molecule has 0 aliphatic heterocycles. The highest BCUT2D eigenvalue weighted by atomic mass is 19.4. The smallest absolute Gasteiger partial charge is 0.406 e. The van der Waals surface area contributed by atoms with Crippen molar-refractivity contribution in [3.05, 3.63) is 42.2 Å². The number of hydrogen-bond acceptors (Lipinski definition) is 2. The van der Waals surface area contributed by atoms with Gasteiger partial charge in [0.15, 0.2) is 0 Å². The Morgan fingerprint density at radius 2 is 1.90 bits per heavy atom. The molecule has 1 aromatic carbocycles. The fourth-order valence-electron chi connectivity index (χ4n) is 2.41. The van der Waals surface area contributed by atoms with E-state index < -0.39 is 6.36 Å². The Labute approximate surface area is 119 Å². The van der Waals surface area contributed by atoms with Gasteiger partial charge in [-0.25, -0.2) is 4.98 Å². The van der Waals surface area contributed by atoms with Crippen LogP contribution in [0.1, 0.15) is 25.5 Å². The Bertz CT molecular complexity index is 806. The summed E-state index contributed by atoms with van der Waals surface area (Å²) in [4.78, 5) is 4.50. The van der Waals surface area contributed by atoms with Crippen LogP contribution in [0.3, 0.4) is 0 Å². The van der Waals surface area contributed by atoms with Crippen molar-refractivity contribution in [2.45, 2.75) is 26.1 Å². The van der Waals surface area contributed by atoms with Gasteiger partial charge < -0.3 is 9.14 Å². The average Bonchev–Trinajstić information content (AvgIpc) is 2.84. The Morgan fingerprint density at radius 1 is 1.14 bits per heavy atom. The Kier molecular flexibility index (Phi) is 3.04. The molecule has 0 radical (unpaired) electrons. The van der Waals surface area contributed by atoms with Crippen LogP contribution in [0.25, 0.3) is 16.6 Å². The third kappa shape index (κ3) is 2.53. The molecule has 0 aliphatic rings. The molecule has 21 heavy (non-hydrogen) atoms. The molecule has 0 spiro atoms. The lowest BCUT2D eigenvalue weighted by atomic mass is 10.1. The van der Waals surface area contributed by atoms with Gasteiger partial charge in [-0.05, 0) is 30.2 Å². The molecule has 3 nitrogen and oxygen atoms in total. The lowest BCUT2D eigenvalue weighted by molar-refractivity contribution is -0.274. The molecule has 0 bridgehead atoms. The first kappa shape index (κ1) is 13.7. The summed E-state index contributed by atoms with van der Waals surface area (Å²) >= 11 is 0. The number of hydrogen-bond donors (Lipinski definition) is 0. The molecule has 6 heteroatoms. The van der Waals surface area contributed by atoms with E-state index in [1.54, 1.807) is 6.07 Å². The second-order valence-corrected chi connectivity index (χ2v) is 5.11. The molecular weight excluding hydrogens is 281 g/mol. The van der Waals surface area contributed by atoms with Crippen molar-refractivity contribution in [3.63, 3.8) is 0 Å².